The van der Waals surface area contributed by atoms with Gasteiger partial charge in [-0.3, -0.25) is 9.69 Å². The Labute approximate surface area is 189 Å². The molecule has 2 aromatic carbocycles. The highest BCUT2D eigenvalue weighted by Crippen LogP contribution is 2.36. The van der Waals surface area contributed by atoms with Crippen molar-refractivity contribution in [2.75, 3.05) is 39.2 Å². The minimum absolute atomic E-state index is 0. The largest absolute Gasteiger partial charge is 0.494 e. The van der Waals surface area contributed by atoms with Gasteiger partial charge in [0.15, 0.2) is 5.13 Å². The van der Waals surface area contributed by atoms with Crippen LogP contribution in [0.1, 0.15) is 23.1 Å². The first-order valence-electron chi connectivity index (χ1n) is 9.84. The third kappa shape index (κ3) is 5.72. The topological polar surface area (TPSA) is 45.7 Å². The molecule has 0 spiro atoms. The Morgan fingerprint density at radius 3 is 2.57 bits per heavy atom. The van der Waals surface area contributed by atoms with Crippen LogP contribution in [0.3, 0.4) is 0 Å². The van der Waals surface area contributed by atoms with E-state index in [9.17, 15) is 4.79 Å². The van der Waals surface area contributed by atoms with E-state index < -0.39 is 0 Å². The van der Waals surface area contributed by atoms with Crippen molar-refractivity contribution in [1.29, 1.82) is 0 Å². The van der Waals surface area contributed by atoms with E-state index in [-0.39, 0.29) is 18.3 Å². The van der Waals surface area contributed by atoms with Gasteiger partial charge in [0.1, 0.15) is 11.3 Å². The molecule has 1 amide bonds. The fourth-order valence-corrected chi connectivity index (χ4v) is 4.44. The zero-order valence-corrected chi connectivity index (χ0v) is 19.9. The minimum Gasteiger partial charge on any atom is -0.494 e. The lowest BCUT2D eigenvalue weighted by molar-refractivity contribution is -0.118. The molecule has 7 heteroatoms. The van der Waals surface area contributed by atoms with Gasteiger partial charge in [-0.25, -0.2) is 4.98 Å². The van der Waals surface area contributed by atoms with Gasteiger partial charge in [-0.1, -0.05) is 47.2 Å². The molecule has 5 nitrogen and oxygen atoms in total. The molecule has 0 fully saturated rings. The van der Waals surface area contributed by atoms with Crippen molar-refractivity contribution in [1.82, 2.24) is 9.88 Å². The van der Waals surface area contributed by atoms with Gasteiger partial charge in [-0.05, 0) is 58.1 Å². The third-order valence-electron chi connectivity index (χ3n) is 4.87. The first kappa shape index (κ1) is 24.1. The van der Waals surface area contributed by atoms with Gasteiger partial charge in [0, 0.05) is 6.54 Å². The van der Waals surface area contributed by atoms with Gasteiger partial charge in [0.05, 0.1) is 18.2 Å². The molecule has 0 aliphatic rings. The van der Waals surface area contributed by atoms with Gasteiger partial charge in [-0.15, -0.1) is 12.4 Å². The minimum atomic E-state index is 0. The number of aromatic nitrogens is 1. The third-order valence-corrected chi connectivity index (χ3v) is 6.08. The summed E-state index contributed by atoms with van der Waals surface area (Å²) in [5.74, 6) is 0.817. The Hall–Kier alpha value is -2.15. The number of hydrogen-bond acceptors (Lipinski definition) is 5. The van der Waals surface area contributed by atoms with Crippen LogP contribution in [0.15, 0.2) is 36.4 Å². The first-order valence-corrected chi connectivity index (χ1v) is 10.7. The van der Waals surface area contributed by atoms with Crippen molar-refractivity contribution in [2.45, 2.75) is 26.7 Å². The summed E-state index contributed by atoms with van der Waals surface area (Å²) in [4.78, 5) is 22.0. The number of amides is 1. The Morgan fingerprint density at radius 2 is 1.90 bits per heavy atom. The van der Waals surface area contributed by atoms with Crippen molar-refractivity contribution in [3.8, 4) is 5.75 Å². The second kappa shape index (κ2) is 10.8. The number of aryl methyl sites for hydroxylation is 2. The summed E-state index contributed by atoms with van der Waals surface area (Å²) in [6.07, 6.45) is 1.26. The van der Waals surface area contributed by atoms with Crippen LogP contribution in [0, 0.1) is 13.8 Å². The number of fused-ring (bicyclic) bond motifs is 1. The fraction of sp³-hybridized carbons (Fsp3) is 0.391. The Kier molecular flexibility index (Phi) is 8.65. The van der Waals surface area contributed by atoms with Crippen LogP contribution in [-0.4, -0.2) is 50.1 Å². The molecule has 0 aliphatic heterocycles. The number of methoxy groups -OCH3 is 1. The molecule has 0 unspecified atom stereocenters. The van der Waals surface area contributed by atoms with Gasteiger partial charge >= 0.3 is 0 Å². The Balaban J connectivity index is 0.00000320. The second-order valence-electron chi connectivity index (χ2n) is 7.63. The number of rotatable bonds is 8. The molecular formula is C23H30ClN3O2S. The molecule has 1 aromatic heterocycles. The van der Waals surface area contributed by atoms with E-state index in [4.69, 9.17) is 9.72 Å². The van der Waals surface area contributed by atoms with Crippen LogP contribution in [0.2, 0.25) is 0 Å². The Morgan fingerprint density at radius 1 is 1.13 bits per heavy atom. The van der Waals surface area contributed by atoms with E-state index in [1.807, 2.05) is 56.3 Å². The maximum absolute atomic E-state index is 13.3. The number of ether oxygens (including phenoxy) is 1. The maximum Gasteiger partial charge on any atom is 0.233 e. The molecule has 3 aromatic rings. The van der Waals surface area contributed by atoms with Gasteiger partial charge in [-0.2, -0.15) is 0 Å². The van der Waals surface area contributed by atoms with E-state index in [1.165, 1.54) is 0 Å². The lowest BCUT2D eigenvalue weighted by atomic mass is 10.1. The summed E-state index contributed by atoms with van der Waals surface area (Å²) < 4.78 is 6.56. The number of halogens is 1. The molecule has 0 saturated heterocycles. The van der Waals surface area contributed by atoms with Crippen LogP contribution in [0.5, 0.6) is 5.75 Å². The highest BCUT2D eigenvalue weighted by atomic mass is 35.5. The standard InChI is InChI=1S/C23H29N3O2S.ClH/c1-16-8-6-9-18(14-16)15-20(27)26(13-7-12-25(3)4)23-24-21-19(28-5)11-10-17(2)22(21)29-23;/h6,8-11,14H,7,12-13,15H2,1-5H3;1H. The number of carbonyl (C=O) groups excluding carboxylic acids is 1. The molecule has 0 saturated carbocycles. The average Bonchev–Trinajstić information content (AvgIpc) is 3.11. The van der Waals surface area contributed by atoms with Gasteiger partial charge < -0.3 is 9.64 Å². The average molecular weight is 448 g/mol. The smallest absolute Gasteiger partial charge is 0.233 e. The molecular weight excluding hydrogens is 418 g/mol. The Bertz CT molecular complexity index is 1000. The SMILES string of the molecule is COc1ccc(C)c2sc(N(CCCN(C)C)C(=O)Cc3cccc(C)c3)nc12.Cl. The lowest BCUT2D eigenvalue weighted by Crippen LogP contribution is -2.34. The first-order chi connectivity index (χ1) is 13.9. The molecule has 30 heavy (non-hydrogen) atoms. The van der Waals surface area contributed by atoms with Crippen LogP contribution in [0.25, 0.3) is 10.2 Å². The molecule has 3 rings (SSSR count). The molecule has 162 valence electrons. The highest BCUT2D eigenvalue weighted by Gasteiger charge is 2.21. The summed E-state index contributed by atoms with van der Waals surface area (Å²) in [7, 11) is 5.75. The van der Waals surface area contributed by atoms with Crippen molar-refractivity contribution >= 4 is 45.0 Å². The number of anilines is 1. The monoisotopic (exact) mass is 447 g/mol. The number of benzene rings is 2. The predicted molar refractivity (Wildman–Crippen MR) is 129 cm³/mol. The molecule has 0 N–H and O–H groups in total. The fourth-order valence-electron chi connectivity index (χ4n) is 3.34. The van der Waals surface area contributed by atoms with Crippen molar-refractivity contribution in [3.05, 3.63) is 53.1 Å². The zero-order valence-electron chi connectivity index (χ0n) is 18.3. The van der Waals surface area contributed by atoms with E-state index in [0.717, 1.165) is 50.8 Å². The summed E-state index contributed by atoms with van der Waals surface area (Å²) in [5, 5.41) is 0.740. The van der Waals surface area contributed by atoms with E-state index in [0.29, 0.717) is 13.0 Å². The van der Waals surface area contributed by atoms with Crippen LogP contribution >= 0.6 is 23.7 Å². The van der Waals surface area contributed by atoms with Crippen LogP contribution in [0.4, 0.5) is 5.13 Å². The quantitative estimate of drug-likeness (QED) is 0.494. The molecule has 0 aliphatic carbocycles. The number of carbonyl (C=O) groups is 1. The van der Waals surface area contributed by atoms with Gasteiger partial charge in [0.25, 0.3) is 0 Å². The van der Waals surface area contributed by atoms with E-state index >= 15 is 0 Å². The molecule has 0 atom stereocenters. The summed E-state index contributed by atoms with van der Waals surface area (Å²) in [6, 6.07) is 12.1. The lowest BCUT2D eigenvalue weighted by Gasteiger charge is -2.21. The van der Waals surface area contributed by atoms with Crippen molar-refractivity contribution in [3.63, 3.8) is 0 Å². The highest BCUT2D eigenvalue weighted by molar-refractivity contribution is 7.22. The van der Waals surface area contributed by atoms with E-state index in [1.54, 1.807) is 18.4 Å². The summed E-state index contributed by atoms with van der Waals surface area (Å²) >= 11 is 1.56. The summed E-state index contributed by atoms with van der Waals surface area (Å²) in [6.45, 7) is 5.67. The molecule has 0 bridgehead atoms. The van der Waals surface area contributed by atoms with Crippen molar-refractivity contribution in [2.24, 2.45) is 0 Å². The van der Waals surface area contributed by atoms with Crippen molar-refractivity contribution < 1.29 is 9.53 Å². The second-order valence-corrected chi connectivity index (χ2v) is 8.60. The van der Waals surface area contributed by atoms with Crippen LogP contribution < -0.4 is 9.64 Å². The number of nitrogens with zero attached hydrogens (tertiary/aromatic N) is 3. The summed E-state index contributed by atoms with van der Waals surface area (Å²) in [5.41, 5.74) is 4.16. The zero-order chi connectivity index (χ0) is 21.0. The number of thiazole rings is 1. The molecule has 0 radical (unpaired) electrons. The van der Waals surface area contributed by atoms with Crippen LogP contribution in [-0.2, 0) is 11.2 Å². The maximum atomic E-state index is 13.3. The number of hydrogen-bond donors (Lipinski definition) is 0. The normalized spacial score (nSPS) is 10.9. The predicted octanol–water partition coefficient (Wildman–Crippen LogP) is 4.87. The van der Waals surface area contributed by atoms with Gasteiger partial charge in [0.2, 0.25) is 5.91 Å². The van der Waals surface area contributed by atoms with E-state index in [2.05, 4.69) is 17.9 Å². The molecule has 1 heterocycles.